The number of hydrogen-bond donors (Lipinski definition) is 2. The van der Waals surface area contributed by atoms with Crippen molar-refractivity contribution in [1.82, 2.24) is 5.32 Å². The van der Waals surface area contributed by atoms with Crippen LogP contribution in [0.3, 0.4) is 0 Å². The number of carbonyl (C=O) groups is 1. The third-order valence-electron chi connectivity index (χ3n) is 4.21. The molecule has 0 bridgehead atoms. The maximum atomic E-state index is 12.1. The maximum absolute atomic E-state index is 12.1. The number of amides is 1. The Labute approximate surface area is 138 Å². The first kappa shape index (κ1) is 16.5. The van der Waals surface area contributed by atoms with E-state index in [-0.39, 0.29) is 34.8 Å². The van der Waals surface area contributed by atoms with E-state index in [0.29, 0.717) is 17.4 Å². The summed E-state index contributed by atoms with van der Waals surface area (Å²) in [7, 11) is -3.08. The van der Waals surface area contributed by atoms with Gasteiger partial charge in [-0.25, -0.2) is 13.2 Å². The molecule has 1 atom stereocenters. The van der Waals surface area contributed by atoms with E-state index in [0.717, 1.165) is 0 Å². The molecule has 8 heteroatoms. The van der Waals surface area contributed by atoms with E-state index in [2.05, 4.69) is 5.32 Å². The number of phenols is 1. The predicted molar refractivity (Wildman–Crippen MR) is 87.8 cm³/mol. The van der Waals surface area contributed by atoms with Crippen LogP contribution in [-0.4, -0.2) is 37.0 Å². The van der Waals surface area contributed by atoms with Crippen molar-refractivity contribution in [2.75, 3.05) is 11.5 Å². The lowest BCUT2D eigenvalue weighted by atomic mass is 10.0. The van der Waals surface area contributed by atoms with Crippen molar-refractivity contribution >= 4 is 26.7 Å². The Morgan fingerprint density at radius 3 is 2.83 bits per heavy atom. The lowest BCUT2D eigenvalue weighted by molar-refractivity contribution is -0.121. The predicted octanol–water partition coefficient (Wildman–Crippen LogP) is 0.653. The molecule has 24 heavy (non-hydrogen) atoms. The number of carbonyl (C=O) groups excluding carboxylic acids is 1. The van der Waals surface area contributed by atoms with E-state index in [1.807, 2.05) is 0 Å². The van der Waals surface area contributed by atoms with E-state index < -0.39 is 27.4 Å². The maximum Gasteiger partial charge on any atom is 0.340 e. The van der Waals surface area contributed by atoms with Crippen LogP contribution in [0.5, 0.6) is 5.75 Å². The van der Waals surface area contributed by atoms with Gasteiger partial charge in [-0.15, -0.1) is 0 Å². The molecule has 7 nitrogen and oxygen atoms in total. The number of hydrogen-bond acceptors (Lipinski definition) is 6. The van der Waals surface area contributed by atoms with Crippen LogP contribution in [0.2, 0.25) is 0 Å². The minimum Gasteiger partial charge on any atom is -0.508 e. The van der Waals surface area contributed by atoms with Gasteiger partial charge in [0.25, 0.3) is 0 Å². The number of rotatable bonds is 3. The number of benzene rings is 1. The molecule has 1 aromatic carbocycles. The summed E-state index contributed by atoms with van der Waals surface area (Å²) in [5.74, 6) is -0.425. The molecule has 1 aromatic heterocycles. The second kappa shape index (κ2) is 5.94. The van der Waals surface area contributed by atoms with Gasteiger partial charge >= 0.3 is 5.63 Å². The van der Waals surface area contributed by atoms with E-state index in [1.54, 1.807) is 13.0 Å². The van der Waals surface area contributed by atoms with Crippen LogP contribution in [0, 0.1) is 6.92 Å². The molecular formula is C16H17NO6S. The molecule has 1 fully saturated rings. The molecule has 1 aliphatic rings. The van der Waals surface area contributed by atoms with E-state index >= 15 is 0 Å². The summed E-state index contributed by atoms with van der Waals surface area (Å²) < 4.78 is 28.0. The number of sulfone groups is 1. The molecule has 2 aromatic rings. The van der Waals surface area contributed by atoms with Gasteiger partial charge in [0.2, 0.25) is 5.91 Å². The summed E-state index contributed by atoms with van der Waals surface area (Å²) in [6.45, 7) is 1.71. The van der Waals surface area contributed by atoms with E-state index in [1.165, 1.54) is 12.1 Å². The van der Waals surface area contributed by atoms with Crippen molar-refractivity contribution in [3.63, 3.8) is 0 Å². The normalized spacial score (nSPS) is 19.5. The van der Waals surface area contributed by atoms with Crippen LogP contribution >= 0.6 is 0 Å². The Hall–Kier alpha value is -2.35. The minimum atomic E-state index is -3.08. The standard InChI is InChI=1S/C16H17NO6S/c1-9-12-3-2-11(18)6-14(12)23-16(20)13(9)7-15(19)17-10-4-5-24(21,22)8-10/h2-3,6,10,18H,4-5,7-8H2,1H3,(H,17,19)/t10-/m1/s1. The van der Waals surface area contributed by atoms with Gasteiger partial charge in [0.15, 0.2) is 9.84 Å². The number of aromatic hydroxyl groups is 1. The summed E-state index contributed by atoms with van der Waals surface area (Å²) >= 11 is 0. The van der Waals surface area contributed by atoms with Crippen LogP contribution in [0.1, 0.15) is 17.5 Å². The van der Waals surface area contributed by atoms with Crippen LogP contribution in [-0.2, 0) is 21.1 Å². The molecule has 0 unspecified atom stereocenters. The molecule has 1 aliphatic heterocycles. The highest BCUT2D eigenvalue weighted by Crippen LogP contribution is 2.23. The van der Waals surface area contributed by atoms with Gasteiger partial charge in [-0.1, -0.05) is 0 Å². The van der Waals surface area contributed by atoms with Gasteiger partial charge < -0.3 is 14.8 Å². The van der Waals surface area contributed by atoms with Crippen molar-refractivity contribution in [2.24, 2.45) is 0 Å². The van der Waals surface area contributed by atoms with Gasteiger partial charge in [0.1, 0.15) is 11.3 Å². The average molecular weight is 351 g/mol. The van der Waals surface area contributed by atoms with Crippen LogP contribution < -0.4 is 10.9 Å². The second-order valence-electron chi connectivity index (χ2n) is 6.02. The van der Waals surface area contributed by atoms with Gasteiger partial charge in [0, 0.05) is 17.5 Å². The molecule has 3 rings (SSSR count). The quantitative estimate of drug-likeness (QED) is 0.785. The molecule has 1 saturated heterocycles. The third kappa shape index (κ3) is 3.28. The van der Waals surface area contributed by atoms with Crippen LogP contribution in [0.25, 0.3) is 11.0 Å². The first-order valence-corrected chi connectivity index (χ1v) is 9.32. The number of phenolic OH excluding ortho intramolecular Hbond substituents is 1. The van der Waals surface area contributed by atoms with E-state index in [9.17, 15) is 23.1 Å². The fraction of sp³-hybridized carbons (Fsp3) is 0.375. The van der Waals surface area contributed by atoms with Crippen LogP contribution in [0.4, 0.5) is 0 Å². The lowest BCUT2D eigenvalue weighted by Gasteiger charge is -2.12. The monoisotopic (exact) mass is 351 g/mol. The van der Waals surface area contributed by atoms with Crippen molar-refractivity contribution in [2.45, 2.75) is 25.8 Å². The SMILES string of the molecule is Cc1c(CC(=O)N[C@@H]2CCS(=O)(=O)C2)c(=O)oc2cc(O)ccc12. The molecule has 0 aliphatic carbocycles. The second-order valence-corrected chi connectivity index (χ2v) is 8.25. The number of fused-ring (bicyclic) bond motifs is 1. The summed E-state index contributed by atoms with van der Waals surface area (Å²) in [5.41, 5.74) is 0.449. The third-order valence-corrected chi connectivity index (χ3v) is 5.97. The molecule has 2 heterocycles. The highest BCUT2D eigenvalue weighted by molar-refractivity contribution is 7.91. The summed E-state index contributed by atoms with van der Waals surface area (Å²) in [6, 6.07) is 4.03. The summed E-state index contributed by atoms with van der Waals surface area (Å²) in [4.78, 5) is 24.3. The first-order valence-electron chi connectivity index (χ1n) is 7.50. The topological polar surface area (TPSA) is 114 Å². The minimum absolute atomic E-state index is 0.0158. The highest BCUT2D eigenvalue weighted by Gasteiger charge is 2.29. The van der Waals surface area contributed by atoms with Gasteiger partial charge in [0.05, 0.1) is 23.5 Å². The molecule has 128 valence electrons. The molecule has 0 saturated carbocycles. The molecule has 1 amide bonds. The fourth-order valence-corrected chi connectivity index (χ4v) is 4.61. The van der Waals surface area contributed by atoms with Crippen molar-refractivity contribution in [3.8, 4) is 5.75 Å². The Kier molecular flexibility index (Phi) is 4.08. The largest absolute Gasteiger partial charge is 0.508 e. The Balaban J connectivity index is 1.83. The van der Waals surface area contributed by atoms with Crippen molar-refractivity contribution in [3.05, 3.63) is 39.7 Å². The Bertz CT molecular complexity index is 976. The van der Waals surface area contributed by atoms with Crippen LogP contribution in [0.15, 0.2) is 27.4 Å². The van der Waals surface area contributed by atoms with E-state index in [4.69, 9.17) is 4.42 Å². The number of aryl methyl sites for hydroxylation is 1. The average Bonchev–Trinajstić information content (AvgIpc) is 2.82. The zero-order chi connectivity index (χ0) is 17.5. The smallest absolute Gasteiger partial charge is 0.340 e. The first-order chi connectivity index (χ1) is 11.2. The van der Waals surface area contributed by atoms with Gasteiger partial charge in [-0.2, -0.15) is 0 Å². The van der Waals surface area contributed by atoms with Crippen molar-refractivity contribution in [1.29, 1.82) is 0 Å². The van der Waals surface area contributed by atoms with Gasteiger partial charge in [-0.05, 0) is 31.0 Å². The molecule has 0 spiro atoms. The number of nitrogens with one attached hydrogen (secondary N) is 1. The summed E-state index contributed by atoms with van der Waals surface area (Å²) in [6.07, 6.45) is 0.209. The van der Waals surface area contributed by atoms with Gasteiger partial charge in [-0.3, -0.25) is 4.79 Å². The molecule has 0 radical (unpaired) electrons. The van der Waals surface area contributed by atoms with Crippen molar-refractivity contribution < 1.29 is 22.7 Å². The summed E-state index contributed by atoms with van der Waals surface area (Å²) in [5, 5.41) is 12.7. The molecular weight excluding hydrogens is 334 g/mol. The Morgan fingerprint density at radius 1 is 1.42 bits per heavy atom. The zero-order valence-electron chi connectivity index (χ0n) is 13.0. The molecule has 2 N–H and O–H groups in total. The lowest BCUT2D eigenvalue weighted by Crippen LogP contribution is -2.37. The Morgan fingerprint density at radius 2 is 2.17 bits per heavy atom. The highest BCUT2D eigenvalue weighted by atomic mass is 32.2. The fourth-order valence-electron chi connectivity index (χ4n) is 2.94. The zero-order valence-corrected chi connectivity index (χ0v) is 13.9.